The molecule has 208 valence electrons. The van der Waals surface area contributed by atoms with Gasteiger partial charge in [0.25, 0.3) is 0 Å². The van der Waals surface area contributed by atoms with Gasteiger partial charge in [0.2, 0.25) is 0 Å². The van der Waals surface area contributed by atoms with E-state index in [-0.39, 0.29) is 30.0 Å². The number of halogens is 1. The van der Waals surface area contributed by atoms with Crippen LogP contribution in [0.4, 0.5) is 9.18 Å². The summed E-state index contributed by atoms with van der Waals surface area (Å²) in [5.41, 5.74) is 3.29. The first-order valence-electron chi connectivity index (χ1n) is 14.1. The Hall–Kier alpha value is -3.86. The Morgan fingerprint density at radius 3 is 2.52 bits per heavy atom. The number of hydrogen-bond donors (Lipinski definition) is 0. The molecular formula is C35H38FNO3. The van der Waals surface area contributed by atoms with Gasteiger partial charge in [-0.05, 0) is 80.6 Å². The minimum Gasteiger partial charge on any atom is -0.490 e. The fourth-order valence-corrected chi connectivity index (χ4v) is 5.70. The largest absolute Gasteiger partial charge is 0.490 e. The molecule has 4 nitrogen and oxygen atoms in total. The molecule has 0 aliphatic carbocycles. The number of carbonyl (C=O) groups excluding carboxylic acids is 1. The second kappa shape index (κ2) is 11.3. The predicted octanol–water partition coefficient (Wildman–Crippen LogP) is 8.96. The van der Waals surface area contributed by atoms with E-state index in [1.54, 1.807) is 13.0 Å². The van der Waals surface area contributed by atoms with E-state index in [1.807, 2.05) is 74.2 Å². The van der Waals surface area contributed by atoms with Crippen molar-refractivity contribution in [1.29, 1.82) is 0 Å². The van der Waals surface area contributed by atoms with Crippen LogP contribution in [-0.4, -0.2) is 29.2 Å². The van der Waals surface area contributed by atoms with Gasteiger partial charge in [0.05, 0.1) is 6.04 Å². The Morgan fingerprint density at radius 1 is 1.02 bits per heavy atom. The number of fused-ring (bicyclic) bond motifs is 2. The summed E-state index contributed by atoms with van der Waals surface area (Å²) >= 11 is 0. The van der Waals surface area contributed by atoms with Crippen LogP contribution < -0.4 is 4.74 Å². The van der Waals surface area contributed by atoms with Crippen LogP contribution in [0.2, 0.25) is 0 Å². The lowest BCUT2D eigenvalue weighted by molar-refractivity contribution is 0.0142. The average molecular weight is 540 g/mol. The Kier molecular flexibility index (Phi) is 7.84. The summed E-state index contributed by atoms with van der Waals surface area (Å²) in [7, 11) is 0. The van der Waals surface area contributed by atoms with Crippen molar-refractivity contribution < 1.29 is 18.7 Å². The molecule has 3 atom stereocenters. The summed E-state index contributed by atoms with van der Waals surface area (Å²) in [5, 5.41) is 2.27. The number of rotatable bonds is 6. The Labute approximate surface area is 236 Å². The van der Waals surface area contributed by atoms with Gasteiger partial charge >= 0.3 is 6.09 Å². The van der Waals surface area contributed by atoms with Crippen molar-refractivity contribution in [3.8, 4) is 5.75 Å². The molecule has 3 unspecified atom stereocenters. The highest BCUT2D eigenvalue weighted by Gasteiger charge is 2.32. The van der Waals surface area contributed by atoms with Gasteiger partial charge < -0.3 is 14.4 Å². The third-order valence-electron chi connectivity index (χ3n) is 7.73. The normalized spacial score (nSPS) is 17.6. The van der Waals surface area contributed by atoms with Gasteiger partial charge in [-0.2, -0.15) is 0 Å². The monoisotopic (exact) mass is 539 g/mol. The second-order valence-electron chi connectivity index (χ2n) is 11.8. The van der Waals surface area contributed by atoms with Crippen LogP contribution >= 0.6 is 0 Å². The van der Waals surface area contributed by atoms with Crippen molar-refractivity contribution in [3.63, 3.8) is 0 Å². The van der Waals surface area contributed by atoms with Crippen LogP contribution in [0.25, 0.3) is 10.8 Å². The summed E-state index contributed by atoms with van der Waals surface area (Å²) in [5.74, 6) is 0.729. The molecule has 1 heterocycles. The van der Waals surface area contributed by atoms with Gasteiger partial charge in [-0.1, -0.05) is 72.8 Å². The van der Waals surface area contributed by atoms with Gasteiger partial charge in [0.15, 0.2) is 0 Å². The molecule has 1 aliphatic rings. The van der Waals surface area contributed by atoms with E-state index in [9.17, 15) is 9.18 Å². The number of amides is 1. The lowest BCUT2D eigenvalue weighted by Crippen LogP contribution is -2.41. The molecule has 1 amide bonds. The predicted molar refractivity (Wildman–Crippen MR) is 158 cm³/mol. The number of aryl methyl sites for hydroxylation is 1. The molecule has 0 fully saturated rings. The van der Waals surface area contributed by atoms with Crippen LogP contribution in [0, 0.1) is 12.7 Å². The highest BCUT2D eigenvalue weighted by Crippen LogP contribution is 2.41. The third-order valence-corrected chi connectivity index (χ3v) is 7.73. The zero-order valence-corrected chi connectivity index (χ0v) is 24.0. The molecule has 0 saturated carbocycles. The van der Waals surface area contributed by atoms with E-state index in [4.69, 9.17) is 9.47 Å². The van der Waals surface area contributed by atoms with Gasteiger partial charge in [0.1, 0.15) is 23.3 Å². The minimum absolute atomic E-state index is 0.0831. The Balaban J connectivity index is 1.42. The van der Waals surface area contributed by atoms with Crippen molar-refractivity contribution in [1.82, 2.24) is 4.90 Å². The van der Waals surface area contributed by atoms with Gasteiger partial charge in [-0.25, -0.2) is 9.18 Å². The van der Waals surface area contributed by atoms with E-state index < -0.39 is 5.60 Å². The van der Waals surface area contributed by atoms with Gasteiger partial charge in [0, 0.05) is 24.4 Å². The van der Waals surface area contributed by atoms with Crippen LogP contribution in [0.5, 0.6) is 5.75 Å². The lowest BCUT2D eigenvalue weighted by Gasteiger charge is -2.36. The van der Waals surface area contributed by atoms with Crippen molar-refractivity contribution >= 4 is 16.9 Å². The van der Waals surface area contributed by atoms with Crippen molar-refractivity contribution in [2.75, 3.05) is 6.54 Å². The average Bonchev–Trinajstić information content (AvgIpc) is 2.93. The molecule has 0 aromatic heterocycles. The molecule has 0 saturated heterocycles. The van der Waals surface area contributed by atoms with Gasteiger partial charge in [-0.3, -0.25) is 0 Å². The molecular weight excluding hydrogens is 501 g/mol. The standard InChI is InChI=1S/C35H38FNO3/c1-23-21-26(17-18-32(23)36)31-22-27(39-33-16-9-8-14-30(31)33)19-20-37(34(38)40-35(3,4)5)24(2)28-15-10-12-25-11-6-7-13-29(25)28/h6-18,21,24,27,31H,19-20,22H2,1-5H3. The number of hydrogen-bond acceptors (Lipinski definition) is 3. The summed E-state index contributed by atoms with van der Waals surface area (Å²) < 4.78 is 26.4. The van der Waals surface area contributed by atoms with Crippen molar-refractivity contribution in [2.24, 2.45) is 0 Å². The molecule has 4 aromatic carbocycles. The fraction of sp³-hybridized carbons (Fsp3) is 0.343. The van der Waals surface area contributed by atoms with Gasteiger partial charge in [-0.15, -0.1) is 0 Å². The van der Waals surface area contributed by atoms with E-state index in [1.165, 1.54) is 0 Å². The van der Waals surface area contributed by atoms with Crippen LogP contribution in [0.15, 0.2) is 84.9 Å². The molecule has 5 heteroatoms. The Bertz CT molecular complexity index is 1500. The number of benzene rings is 4. The molecule has 0 N–H and O–H groups in total. The lowest BCUT2D eigenvalue weighted by atomic mass is 9.83. The summed E-state index contributed by atoms with van der Waals surface area (Å²) in [6.07, 6.45) is 0.927. The van der Waals surface area contributed by atoms with Crippen molar-refractivity contribution in [3.05, 3.63) is 113 Å². The number of nitrogens with zero attached hydrogens (tertiary/aromatic N) is 1. The minimum atomic E-state index is -0.611. The van der Waals surface area contributed by atoms with Crippen LogP contribution in [0.1, 0.15) is 74.8 Å². The molecule has 5 rings (SSSR count). The third kappa shape index (κ3) is 5.99. The molecule has 0 spiro atoms. The highest BCUT2D eigenvalue weighted by molar-refractivity contribution is 5.86. The topological polar surface area (TPSA) is 38.8 Å². The molecule has 1 aliphatic heterocycles. The number of para-hydroxylation sites is 1. The van der Waals surface area contributed by atoms with E-state index in [0.717, 1.165) is 39.6 Å². The zero-order valence-electron chi connectivity index (χ0n) is 24.0. The first kappa shape index (κ1) is 27.7. The summed E-state index contributed by atoms with van der Waals surface area (Å²) in [4.78, 5) is 15.4. The number of carbonyl (C=O) groups is 1. The first-order valence-corrected chi connectivity index (χ1v) is 14.1. The summed E-state index contributed by atoms with van der Waals surface area (Å²) in [6.45, 7) is 10.0. The van der Waals surface area contributed by atoms with E-state index in [2.05, 4.69) is 37.3 Å². The van der Waals surface area contributed by atoms with E-state index in [0.29, 0.717) is 18.5 Å². The molecule has 40 heavy (non-hydrogen) atoms. The SMILES string of the molecule is Cc1cc(C2CC(CCN(C(=O)OC(C)(C)C)C(C)c3cccc4ccccc34)Oc3ccccc32)ccc1F. The quantitative estimate of drug-likeness (QED) is 0.245. The van der Waals surface area contributed by atoms with Crippen LogP contribution in [0.3, 0.4) is 0 Å². The maximum Gasteiger partial charge on any atom is 0.410 e. The highest BCUT2D eigenvalue weighted by atomic mass is 19.1. The zero-order chi connectivity index (χ0) is 28.4. The Morgan fingerprint density at radius 2 is 1.75 bits per heavy atom. The number of ether oxygens (including phenoxy) is 2. The first-order chi connectivity index (χ1) is 19.1. The molecule has 0 bridgehead atoms. The second-order valence-corrected chi connectivity index (χ2v) is 11.8. The van der Waals surface area contributed by atoms with E-state index >= 15 is 0 Å². The molecule has 0 radical (unpaired) electrons. The van der Waals surface area contributed by atoms with Crippen molar-refractivity contribution in [2.45, 2.75) is 71.1 Å². The van der Waals surface area contributed by atoms with Crippen LogP contribution in [-0.2, 0) is 4.74 Å². The smallest absolute Gasteiger partial charge is 0.410 e. The summed E-state index contributed by atoms with van der Waals surface area (Å²) in [6, 6.07) is 27.7. The maximum absolute atomic E-state index is 14.1. The maximum atomic E-state index is 14.1. The molecule has 4 aromatic rings. The fourth-order valence-electron chi connectivity index (χ4n) is 5.70.